The van der Waals surface area contributed by atoms with Gasteiger partial charge in [-0.15, -0.1) is 0 Å². The molecule has 112 valence electrons. The van der Waals surface area contributed by atoms with E-state index < -0.39 is 0 Å². The van der Waals surface area contributed by atoms with Gasteiger partial charge in [0.25, 0.3) is 0 Å². The average molecular weight is 271 g/mol. The summed E-state index contributed by atoms with van der Waals surface area (Å²) in [4.78, 5) is 14.1. The Morgan fingerprint density at radius 2 is 2.05 bits per heavy atom. The van der Waals surface area contributed by atoms with E-state index in [1.54, 1.807) is 7.11 Å². The van der Waals surface area contributed by atoms with Crippen molar-refractivity contribution in [1.29, 1.82) is 0 Å². The van der Waals surface area contributed by atoms with Crippen LogP contribution in [0.2, 0.25) is 0 Å². The van der Waals surface area contributed by atoms with Crippen LogP contribution in [-0.2, 0) is 9.53 Å². The molecule has 0 radical (unpaired) electrons. The summed E-state index contributed by atoms with van der Waals surface area (Å²) >= 11 is 0. The van der Waals surface area contributed by atoms with E-state index in [1.807, 2.05) is 0 Å². The third-order valence-corrected chi connectivity index (χ3v) is 3.63. The molecule has 1 aliphatic rings. The predicted octanol–water partition coefficient (Wildman–Crippen LogP) is 0.733. The Kier molecular flexibility index (Phi) is 8.79. The maximum Gasteiger partial charge on any atom is 0.234 e. The molecule has 1 fully saturated rings. The van der Waals surface area contributed by atoms with E-state index in [9.17, 15) is 4.79 Å². The Labute approximate surface area is 116 Å². The molecular weight excluding hydrogens is 242 g/mol. The van der Waals surface area contributed by atoms with Crippen molar-refractivity contribution in [3.05, 3.63) is 0 Å². The smallest absolute Gasteiger partial charge is 0.234 e. The van der Waals surface area contributed by atoms with Crippen LogP contribution in [0.15, 0.2) is 0 Å². The zero-order chi connectivity index (χ0) is 13.9. The molecule has 1 rings (SSSR count). The fraction of sp³-hybridized carbons (Fsp3) is 0.929. The van der Waals surface area contributed by atoms with Gasteiger partial charge in [-0.1, -0.05) is 19.3 Å². The van der Waals surface area contributed by atoms with Crippen LogP contribution >= 0.6 is 0 Å². The SMILES string of the molecule is COCCN(CCCN)CC(=O)NC1CCCCC1. The molecular formula is C14H29N3O2. The molecule has 0 atom stereocenters. The van der Waals surface area contributed by atoms with Crippen molar-refractivity contribution in [2.75, 3.05) is 39.9 Å². The van der Waals surface area contributed by atoms with Crippen molar-refractivity contribution in [2.45, 2.75) is 44.6 Å². The second kappa shape index (κ2) is 10.2. The molecule has 1 aliphatic carbocycles. The highest BCUT2D eigenvalue weighted by Crippen LogP contribution is 2.17. The Hall–Kier alpha value is -0.650. The van der Waals surface area contributed by atoms with Gasteiger partial charge in [0.05, 0.1) is 13.2 Å². The first-order chi connectivity index (χ1) is 9.26. The first kappa shape index (κ1) is 16.4. The average Bonchev–Trinajstić information content (AvgIpc) is 2.43. The van der Waals surface area contributed by atoms with Gasteiger partial charge in [0, 0.05) is 19.7 Å². The number of nitrogens with one attached hydrogen (secondary N) is 1. The topological polar surface area (TPSA) is 67.6 Å². The van der Waals surface area contributed by atoms with Gasteiger partial charge in [0.2, 0.25) is 5.91 Å². The van der Waals surface area contributed by atoms with Crippen molar-refractivity contribution >= 4 is 5.91 Å². The van der Waals surface area contributed by atoms with Gasteiger partial charge >= 0.3 is 0 Å². The molecule has 0 aliphatic heterocycles. The Morgan fingerprint density at radius 3 is 2.68 bits per heavy atom. The van der Waals surface area contributed by atoms with Crippen molar-refractivity contribution < 1.29 is 9.53 Å². The van der Waals surface area contributed by atoms with Gasteiger partial charge in [-0.05, 0) is 32.4 Å². The van der Waals surface area contributed by atoms with Crippen LogP contribution < -0.4 is 11.1 Å². The molecule has 0 unspecified atom stereocenters. The molecule has 0 bridgehead atoms. The number of hydrogen-bond acceptors (Lipinski definition) is 4. The predicted molar refractivity (Wildman–Crippen MR) is 77.0 cm³/mol. The summed E-state index contributed by atoms with van der Waals surface area (Å²) < 4.78 is 5.08. The van der Waals surface area contributed by atoms with Gasteiger partial charge in [-0.3, -0.25) is 9.69 Å². The lowest BCUT2D eigenvalue weighted by Gasteiger charge is -2.25. The Morgan fingerprint density at radius 1 is 1.32 bits per heavy atom. The lowest BCUT2D eigenvalue weighted by atomic mass is 9.95. The molecule has 0 aromatic rings. The zero-order valence-corrected chi connectivity index (χ0v) is 12.2. The molecule has 1 amide bonds. The van der Waals surface area contributed by atoms with E-state index in [-0.39, 0.29) is 5.91 Å². The summed E-state index contributed by atoms with van der Waals surface area (Å²) in [6, 6.07) is 0.389. The summed E-state index contributed by atoms with van der Waals surface area (Å²) in [5.74, 6) is 0.139. The normalized spacial score (nSPS) is 16.8. The first-order valence-corrected chi connectivity index (χ1v) is 7.47. The summed E-state index contributed by atoms with van der Waals surface area (Å²) in [7, 11) is 1.68. The number of rotatable bonds is 9. The van der Waals surface area contributed by atoms with Crippen molar-refractivity contribution in [1.82, 2.24) is 10.2 Å². The number of methoxy groups -OCH3 is 1. The molecule has 0 saturated heterocycles. The minimum absolute atomic E-state index is 0.139. The van der Waals surface area contributed by atoms with Crippen LogP contribution in [0.3, 0.4) is 0 Å². The number of ether oxygens (including phenoxy) is 1. The summed E-state index contributed by atoms with van der Waals surface area (Å²) in [5.41, 5.74) is 5.53. The number of nitrogens with zero attached hydrogens (tertiary/aromatic N) is 1. The molecule has 0 aromatic heterocycles. The van der Waals surface area contributed by atoms with Gasteiger partial charge in [-0.2, -0.15) is 0 Å². The monoisotopic (exact) mass is 271 g/mol. The lowest BCUT2D eigenvalue weighted by molar-refractivity contribution is -0.123. The quantitative estimate of drug-likeness (QED) is 0.649. The number of amides is 1. The third-order valence-electron chi connectivity index (χ3n) is 3.63. The summed E-state index contributed by atoms with van der Waals surface area (Å²) in [6.45, 7) is 3.42. The van der Waals surface area contributed by atoms with Crippen LogP contribution in [0.4, 0.5) is 0 Å². The minimum Gasteiger partial charge on any atom is -0.383 e. The third kappa shape index (κ3) is 7.50. The number of carbonyl (C=O) groups is 1. The number of nitrogens with two attached hydrogens (primary N) is 1. The molecule has 1 saturated carbocycles. The van der Waals surface area contributed by atoms with Crippen LogP contribution in [0.1, 0.15) is 38.5 Å². The first-order valence-electron chi connectivity index (χ1n) is 7.47. The van der Waals surface area contributed by atoms with E-state index in [2.05, 4.69) is 10.2 Å². The lowest BCUT2D eigenvalue weighted by Crippen LogP contribution is -2.44. The fourth-order valence-corrected chi connectivity index (χ4v) is 2.53. The molecule has 0 aromatic carbocycles. The number of hydrogen-bond donors (Lipinski definition) is 2. The van der Waals surface area contributed by atoms with Crippen LogP contribution in [0.5, 0.6) is 0 Å². The standard InChI is InChI=1S/C14H29N3O2/c1-19-11-10-17(9-5-8-15)12-14(18)16-13-6-3-2-4-7-13/h13H,2-12,15H2,1H3,(H,16,18). The molecule has 5 heteroatoms. The van der Waals surface area contributed by atoms with Crippen LogP contribution in [0.25, 0.3) is 0 Å². The van der Waals surface area contributed by atoms with Crippen molar-refractivity contribution in [3.63, 3.8) is 0 Å². The van der Waals surface area contributed by atoms with Crippen LogP contribution in [-0.4, -0.2) is 56.7 Å². The molecule has 3 N–H and O–H groups in total. The highest BCUT2D eigenvalue weighted by atomic mass is 16.5. The molecule has 5 nitrogen and oxygen atoms in total. The highest BCUT2D eigenvalue weighted by molar-refractivity contribution is 5.78. The molecule has 0 spiro atoms. The van der Waals surface area contributed by atoms with Crippen molar-refractivity contribution in [3.8, 4) is 0 Å². The van der Waals surface area contributed by atoms with Gasteiger partial charge in [-0.25, -0.2) is 0 Å². The Balaban J connectivity index is 2.27. The number of carbonyl (C=O) groups excluding carboxylic acids is 1. The van der Waals surface area contributed by atoms with Gasteiger partial charge in [0.1, 0.15) is 0 Å². The second-order valence-electron chi connectivity index (χ2n) is 5.31. The fourth-order valence-electron chi connectivity index (χ4n) is 2.53. The van der Waals surface area contributed by atoms with Gasteiger partial charge < -0.3 is 15.8 Å². The van der Waals surface area contributed by atoms with E-state index in [1.165, 1.54) is 19.3 Å². The maximum atomic E-state index is 12.0. The molecule has 0 heterocycles. The highest BCUT2D eigenvalue weighted by Gasteiger charge is 2.17. The van der Waals surface area contributed by atoms with Gasteiger partial charge in [0.15, 0.2) is 0 Å². The van der Waals surface area contributed by atoms with Crippen LogP contribution in [0, 0.1) is 0 Å². The van der Waals surface area contributed by atoms with E-state index in [0.717, 1.165) is 32.4 Å². The maximum absolute atomic E-state index is 12.0. The second-order valence-corrected chi connectivity index (χ2v) is 5.31. The largest absolute Gasteiger partial charge is 0.383 e. The molecule has 19 heavy (non-hydrogen) atoms. The Bertz CT molecular complexity index is 235. The van der Waals surface area contributed by atoms with E-state index >= 15 is 0 Å². The zero-order valence-electron chi connectivity index (χ0n) is 12.2. The van der Waals surface area contributed by atoms with E-state index in [0.29, 0.717) is 25.7 Å². The van der Waals surface area contributed by atoms with E-state index in [4.69, 9.17) is 10.5 Å². The van der Waals surface area contributed by atoms with Crippen molar-refractivity contribution in [2.24, 2.45) is 5.73 Å². The summed E-state index contributed by atoms with van der Waals surface area (Å²) in [5, 5.41) is 3.15. The minimum atomic E-state index is 0.139. The summed E-state index contributed by atoms with van der Waals surface area (Å²) in [6.07, 6.45) is 6.97.